The molecule has 0 fully saturated rings. The maximum absolute atomic E-state index is 13.7. The minimum atomic E-state index is -3.87. The first-order valence-electron chi connectivity index (χ1n) is 7.34. The minimum Gasteiger partial charge on any atom is -0.243 e. The van der Waals surface area contributed by atoms with Crippen LogP contribution >= 0.6 is 11.6 Å². The van der Waals surface area contributed by atoms with Gasteiger partial charge in [-0.25, -0.2) is 17.5 Å². The highest BCUT2D eigenvalue weighted by Gasteiger charge is 2.27. The maximum atomic E-state index is 13.7. The summed E-state index contributed by atoms with van der Waals surface area (Å²) < 4.78 is 41.3. The van der Waals surface area contributed by atoms with Gasteiger partial charge in [0.25, 0.3) is 0 Å². The Balaban J connectivity index is 2.17. The van der Waals surface area contributed by atoms with Crippen LogP contribution < -0.4 is 4.72 Å². The Bertz CT molecular complexity index is 878. The lowest BCUT2D eigenvalue weighted by Gasteiger charge is -2.17. The van der Waals surface area contributed by atoms with Crippen LogP contribution in [0.15, 0.2) is 17.0 Å². The molecule has 0 amide bonds. The van der Waals surface area contributed by atoms with Crippen LogP contribution in [-0.4, -0.2) is 30.8 Å². The van der Waals surface area contributed by atoms with Crippen molar-refractivity contribution in [2.24, 2.45) is 0 Å². The number of rotatable bonds is 4. The zero-order chi connectivity index (χ0) is 16.8. The molecule has 0 aliphatic heterocycles. The van der Waals surface area contributed by atoms with E-state index in [-0.39, 0.29) is 16.6 Å². The van der Waals surface area contributed by atoms with Crippen LogP contribution in [0.1, 0.15) is 31.4 Å². The average molecular weight is 358 g/mol. The van der Waals surface area contributed by atoms with Crippen molar-refractivity contribution in [3.05, 3.63) is 28.4 Å². The van der Waals surface area contributed by atoms with Gasteiger partial charge in [0, 0.05) is 11.9 Å². The number of aromatic nitrogens is 2. The molecule has 2 aromatic rings. The molecule has 1 aliphatic rings. The Morgan fingerprint density at radius 2 is 2.04 bits per heavy atom. The van der Waals surface area contributed by atoms with E-state index in [0.29, 0.717) is 10.9 Å². The molecule has 1 aromatic heterocycles. The van der Waals surface area contributed by atoms with Crippen molar-refractivity contribution in [2.45, 2.75) is 43.7 Å². The van der Waals surface area contributed by atoms with Crippen molar-refractivity contribution < 1.29 is 12.8 Å². The van der Waals surface area contributed by atoms with E-state index in [1.165, 1.54) is 19.9 Å². The van der Waals surface area contributed by atoms with Crippen molar-refractivity contribution >= 4 is 32.5 Å². The highest BCUT2D eigenvalue weighted by atomic mass is 35.5. The van der Waals surface area contributed by atoms with Crippen LogP contribution in [0.2, 0.25) is 5.15 Å². The van der Waals surface area contributed by atoms with Crippen molar-refractivity contribution in [3.8, 4) is 0 Å². The quantitative estimate of drug-likeness (QED) is 0.913. The zero-order valence-corrected chi connectivity index (χ0v) is 14.4. The average Bonchev–Trinajstić information content (AvgIpc) is 2.92. The fourth-order valence-electron chi connectivity index (χ4n) is 2.78. The molecule has 1 N–H and O–H groups in total. The molecule has 1 aromatic carbocycles. The summed E-state index contributed by atoms with van der Waals surface area (Å²) in [6.07, 6.45) is 2.59. The summed E-state index contributed by atoms with van der Waals surface area (Å²) in [4.78, 5) is 0.0780. The molecule has 0 spiro atoms. The smallest absolute Gasteiger partial charge is 0.241 e. The molecular formula is C15H17ClFN3O2S. The van der Waals surface area contributed by atoms with Crippen molar-refractivity contribution in [3.63, 3.8) is 0 Å². The largest absolute Gasteiger partial charge is 0.243 e. The molecule has 1 heterocycles. The lowest BCUT2D eigenvalue weighted by Crippen LogP contribution is -2.35. The van der Waals surface area contributed by atoms with E-state index < -0.39 is 15.7 Å². The van der Waals surface area contributed by atoms with Gasteiger partial charge in [-0.15, -0.1) is 10.2 Å². The Kier molecular flexibility index (Phi) is 4.06. The van der Waals surface area contributed by atoms with Gasteiger partial charge in [-0.2, -0.15) is 0 Å². The van der Waals surface area contributed by atoms with E-state index >= 15 is 0 Å². The summed E-state index contributed by atoms with van der Waals surface area (Å²) in [5.74, 6) is 0. The predicted molar refractivity (Wildman–Crippen MR) is 86.9 cm³/mol. The van der Waals surface area contributed by atoms with E-state index in [2.05, 4.69) is 14.9 Å². The Hall–Kier alpha value is -1.31. The molecule has 3 rings (SSSR count). The normalized spacial score (nSPS) is 15.1. The summed E-state index contributed by atoms with van der Waals surface area (Å²) in [5.41, 5.74) is 0.893. The van der Waals surface area contributed by atoms with Gasteiger partial charge in [-0.1, -0.05) is 11.6 Å². The molecule has 0 unspecified atom stereocenters. The number of hydrogen-bond donors (Lipinski definition) is 1. The first kappa shape index (κ1) is 16.5. The van der Waals surface area contributed by atoms with Crippen molar-refractivity contribution in [2.75, 3.05) is 6.54 Å². The summed E-state index contributed by atoms with van der Waals surface area (Å²) in [5, 5.41) is 8.47. The Morgan fingerprint density at radius 1 is 1.30 bits per heavy atom. The monoisotopic (exact) mass is 357 g/mol. The molecule has 0 saturated carbocycles. The summed E-state index contributed by atoms with van der Waals surface area (Å²) in [6, 6.07) is 3.15. The Morgan fingerprint density at radius 3 is 2.74 bits per heavy atom. The van der Waals surface area contributed by atoms with Gasteiger partial charge in [0.05, 0.1) is 10.4 Å². The van der Waals surface area contributed by atoms with Crippen LogP contribution in [0.5, 0.6) is 0 Å². The minimum absolute atomic E-state index is 0.0780. The third-order valence-corrected chi connectivity index (χ3v) is 5.48. The van der Waals surface area contributed by atoms with Crippen molar-refractivity contribution in [1.82, 2.24) is 14.9 Å². The summed E-state index contributed by atoms with van der Waals surface area (Å²) in [6.45, 7) is 2.33. The van der Waals surface area contributed by atoms with E-state index in [9.17, 15) is 12.8 Å². The third kappa shape index (κ3) is 3.32. The number of nitrogens with one attached hydrogen (secondary N) is 1. The first-order valence-corrected chi connectivity index (χ1v) is 9.20. The molecule has 0 atom stereocenters. The molecule has 0 saturated heterocycles. The Labute approximate surface area is 139 Å². The van der Waals surface area contributed by atoms with Crippen LogP contribution in [0, 0.1) is 0 Å². The second-order valence-electron chi connectivity index (χ2n) is 6.34. The highest BCUT2D eigenvalue weighted by molar-refractivity contribution is 7.89. The zero-order valence-electron chi connectivity index (χ0n) is 12.9. The molecule has 1 aliphatic carbocycles. The summed E-state index contributed by atoms with van der Waals surface area (Å²) >= 11 is 5.89. The molecule has 124 valence electrons. The van der Waals surface area contributed by atoms with Gasteiger partial charge in [0.1, 0.15) is 5.67 Å². The SMILES string of the molecule is CC(C)(F)CNS(=O)(=O)c1cc2c(c3nnc(Cl)cc13)CCC2. The van der Waals surface area contributed by atoms with Gasteiger partial charge < -0.3 is 0 Å². The van der Waals surface area contributed by atoms with Gasteiger partial charge in [0.2, 0.25) is 10.0 Å². The van der Waals surface area contributed by atoms with Crippen LogP contribution in [0.3, 0.4) is 0 Å². The molecule has 23 heavy (non-hydrogen) atoms. The van der Waals surface area contributed by atoms with Crippen molar-refractivity contribution in [1.29, 1.82) is 0 Å². The van der Waals surface area contributed by atoms with E-state index in [1.54, 1.807) is 6.07 Å². The number of nitrogens with zero attached hydrogens (tertiary/aromatic N) is 2. The topological polar surface area (TPSA) is 72.0 Å². The standard InChI is InChI=1S/C15H17ClFN3O2S/c1-15(2,17)8-18-23(21,22)12-6-9-4-3-5-10(9)14-11(12)7-13(16)19-20-14/h6-7,18H,3-5,8H2,1-2H3. The van der Waals surface area contributed by atoms with Gasteiger partial charge in [0.15, 0.2) is 5.15 Å². The number of alkyl halides is 1. The fraction of sp³-hybridized carbons (Fsp3) is 0.467. The van der Waals surface area contributed by atoms with Gasteiger partial charge >= 0.3 is 0 Å². The highest BCUT2D eigenvalue weighted by Crippen LogP contribution is 2.34. The van der Waals surface area contributed by atoms with Crippen LogP contribution in [0.4, 0.5) is 4.39 Å². The number of aryl methyl sites for hydroxylation is 2. The lowest BCUT2D eigenvalue weighted by atomic mass is 10.1. The number of hydrogen-bond acceptors (Lipinski definition) is 4. The van der Waals surface area contributed by atoms with E-state index in [1.807, 2.05) is 0 Å². The molecule has 0 bridgehead atoms. The molecule has 5 nitrogen and oxygen atoms in total. The van der Waals surface area contributed by atoms with E-state index in [4.69, 9.17) is 11.6 Å². The second-order valence-corrected chi connectivity index (χ2v) is 8.46. The molecular weight excluding hydrogens is 341 g/mol. The molecule has 8 heteroatoms. The number of benzene rings is 1. The van der Waals surface area contributed by atoms with Gasteiger partial charge in [-0.3, -0.25) is 0 Å². The number of fused-ring (bicyclic) bond motifs is 3. The summed E-state index contributed by atoms with van der Waals surface area (Å²) in [7, 11) is -3.87. The first-order chi connectivity index (χ1) is 10.7. The lowest BCUT2D eigenvalue weighted by molar-refractivity contribution is 0.221. The number of halogens is 2. The van der Waals surface area contributed by atoms with E-state index in [0.717, 1.165) is 30.4 Å². The third-order valence-electron chi connectivity index (χ3n) is 3.85. The fourth-order valence-corrected chi connectivity index (χ4v) is 4.36. The molecule has 0 radical (unpaired) electrons. The van der Waals surface area contributed by atoms with Crippen LogP contribution in [-0.2, 0) is 22.9 Å². The number of sulfonamides is 1. The van der Waals surface area contributed by atoms with Gasteiger partial charge in [-0.05, 0) is 56.4 Å². The second kappa shape index (κ2) is 5.65. The van der Waals surface area contributed by atoms with Crippen LogP contribution in [0.25, 0.3) is 10.9 Å². The predicted octanol–water partition coefficient (Wildman–Crippen LogP) is 2.80. The maximum Gasteiger partial charge on any atom is 0.241 e.